The van der Waals surface area contributed by atoms with Crippen molar-refractivity contribution >= 4 is 27.7 Å². The van der Waals surface area contributed by atoms with E-state index in [1.165, 1.54) is 0 Å². The van der Waals surface area contributed by atoms with Crippen LogP contribution in [0.1, 0.15) is 17.3 Å². The third-order valence-electron chi connectivity index (χ3n) is 1.80. The molecule has 4 heteroatoms. The minimum atomic E-state index is -0.803. The van der Waals surface area contributed by atoms with Gasteiger partial charge in [0.2, 0.25) is 0 Å². The number of carbonyl (C=O) groups is 2. The number of Topliss-reactive ketones (excluding diaryl/α,β-unsaturated/α-hetero) is 1. The van der Waals surface area contributed by atoms with Crippen LogP contribution in [0, 0.1) is 0 Å². The lowest BCUT2D eigenvalue weighted by molar-refractivity contribution is -0.153. The molecule has 1 rings (SSSR count). The SMILES string of the molecule is CCOC(=O)C(=O)[C@@H](Br)c1ccccc1. The summed E-state index contributed by atoms with van der Waals surface area (Å²) in [6.45, 7) is 1.87. The summed E-state index contributed by atoms with van der Waals surface area (Å²) in [7, 11) is 0. The lowest BCUT2D eigenvalue weighted by Gasteiger charge is -2.07. The van der Waals surface area contributed by atoms with Crippen LogP contribution >= 0.6 is 15.9 Å². The summed E-state index contributed by atoms with van der Waals surface area (Å²) in [5, 5.41) is 0. The van der Waals surface area contributed by atoms with Gasteiger partial charge in [-0.3, -0.25) is 4.79 Å². The van der Waals surface area contributed by atoms with Crippen LogP contribution in [0.25, 0.3) is 0 Å². The molecule has 1 aromatic carbocycles. The Hall–Kier alpha value is -1.16. The lowest BCUT2D eigenvalue weighted by Crippen LogP contribution is -2.21. The number of esters is 1. The van der Waals surface area contributed by atoms with Crippen LogP contribution in [0.4, 0.5) is 0 Å². The molecule has 3 nitrogen and oxygen atoms in total. The van der Waals surface area contributed by atoms with E-state index in [-0.39, 0.29) is 6.61 Å². The summed E-state index contributed by atoms with van der Waals surface area (Å²) >= 11 is 3.17. The molecular formula is C11H11BrO3. The number of halogens is 1. The lowest BCUT2D eigenvalue weighted by atomic mass is 10.1. The van der Waals surface area contributed by atoms with E-state index in [0.717, 1.165) is 5.56 Å². The van der Waals surface area contributed by atoms with Gasteiger partial charge >= 0.3 is 5.97 Å². The highest BCUT2D eigenvalue weighted by Gasteiger charge is 2.25. The molecule has 15 heavy (non-hydrogen) atoms. The number of ether oxygens (including phenoxy) is 1. The third kappa shape index (κ3) is 3.16. The molecule has 0 N–H and O–H groups in total. The van der Waals surface area contributed by atoms with Crippen LogP contribution < -0.4 is 0 Å². The fourth-order valence-electron chi connectivity index (χ4n) is 1.08. The first kappa shape index (κ1) is 11.9. The number of carbonyl (C=O) groups excluding carboxylic acids is 2. The van der Waals surface area contributed by atoms with Crippen molar-refractivity contribution in [2.24, 2.45) is 0 Å². The molecule has 80 valence electrons. The molecule has 0 saturated heterocycles. The Kier molecular flexibility index (Phi) is 4.49. The average Bonchev–Trinajstić information content (AvgIpc) is 2.28. The van der Waals surface area contributed by atoms with E-state index in [1.54, 1.807) is 19.1 Å². The molecule has 0 amide bonds. The molecule has 0 radical (unpaired) electrons. The largest absolute Gasteiger partial charge is 0.460 e. The Balaban J connectivity index is 2.73. The Bertz CT molecular complexity index is 348. The molecule has 1 aromatic rings. The van der Waals surface area contributed by atoms with E-state index in [1.807, 2.05) is 18.2 Å². The standard InChI is InChI=1S/C11H11BrO3/c1-2-15-11(14)10(13)9(12)8-6-4-3-5-7-8/h3-7,9H,2H2,1H3/t9-/m0/s1. The van der Waals surface area contributed by atoms with E-state index < -0.39 is 16.6 Å². The highest BCUT2D eigenvalue weighted by atomic mass is 79.9. The summed E-state index contributed by atoms with van der Waals surface area (Å²) in [5.74, 6) is -1.38. The zero-order valence-electron chi connectivity index (χ0n) is 8.27. The Morgan fingerprint density at radius 2 is 1.93 bits per heavy atom. The molecule has 0 aromatic heterocycles. The van der Waals surface area contributed by atoms with Crippen LogP contribution in [0.15, 0.2) is 30.3 Å². The van der Waals surface area contributed by atoms with E-state index in [9.17, 15) is 9.59 Å². The van der Waals surface area contributed by atoms with Gasteiger partial charge in [0.25, 0.3) is 5.78 Å². The maximum absolute atomic E-state index is 11.5. The molecule has 0 spiro atoms. The van der Waals surface area contributed by atoms with Gasteiger partial charge in [-0.05, 0) is 12.5 Å². The number of ketones is 1. The molecule has 0 heterocycles. The molecule has 0 bridgehead atoms. The van der Waals surface area contributed by atoms with Crippen molar-refractivity contribution in [3.8, 4) is 0 Å². The molecule has 0 aliphatic carbocycles. The van der Waals surface area contributed by atoms with Crippen molar-refractivity contribution in [3.05, 3.63) is 35.9 Å². The van der Waals surface area contributed by atoms with Crippen molar-refractivity contribution in [1.29, 1.82) is 0 Å². The van der Waals surface area contributed by atoms with E-state index in [0.29, 0.717) is 0 Å². The second kappa shape index (κ2) is 5.66. The van der Waals surface area contributed by atoms with Gasteiger partial charge in [-0.15, -0.1) is 0 Å². The topological polar surface area (TPSA) is 43.4 Å². The molecule has 0 aliphatic rings. The summed E-state index contributed by atoms with van der Waals surface area (Å²) in [6, 6.07) is 9.01. The van der Waals surface area contributed by atoms with E-state index in [2.05, 4.69) is 20.7 Å². The van der Waals surface area contributed by atoms with Crippen LogP contribution in [0.3, 0.4) is 0 Å². The van der Waals surface area contributed by atoms with Crippen molar-refractivity contribution in [2.45, 2.75) is 11.8 Å². The smallest absolute Gasteiger partial charge is 0.376 e. The van der Waals surface area contributed by atoms with Crippen LogP contribution in [0.5, 0.6) is 0 Å². The summed E-state index contributed by atoms with van der Waals surface area (Å²) in [5.41, 5.74) is 0.746. The number of alkyl halides is 1. The Labute approximate surface area is 96.6 Å². The number of hydrogen-bond donors (Lipinski definition) is 0. The molecular weight excluding hydrogens is 260 g/mol. The summed E-state index contributed by atoms with van der Waals surface area (Å²) < 4.78 is 4.63. The van der Waals surface area contributed by atoms with Gasteiger partial charge in [0.15, 0.2) is 0 Å². The maximum Gasteiger partial charge on any atom is 0.376 e. The first-order valence-electron chi connectivity index (χ1n) is 4.56. The van der Waals surface area contributed by atoms with Gasteiger partial charge in [0.05, 0.1) is 6.61 Å². The predicted octanol–water partition coefficient (Wildman–Crippen LogP) is 2.25. The normalized spacial score (nSPS) is 11.9. The zero-order chi connectivity index (χ0) is 11.3. The Morgan fingerprint density at radius 1 is 1.33 bits per heavy atom. The van der Waals surface area contributed by atoms with Crippen molar-refractivity contribution in [1.82, 2.24) is 0 Å². The zero-order valence-corrected chi connectivity index (χ0v) is 9.86. The number of hydrogen-bond acceptors (Lipinski definition) is 3. The first-order valence-corrected chi connectivity index (χ1v) is 5.48. The minimum Gasteiger partial charge on any atom is -0.460 e. The van der Waals surface area contributed by atoms with Crippen LogP contribution in [0.2, 0.25) is 0 Å². The van der Waals surface area contributed by atoms with E-state index in [4.69, 9.17) is 0 Å². The van der Waals surface area contributed by atoms with Crippen molar-refractivity contribution in [3.63, 3.8) is 0 Å². The first-order chi connectivity index (χ1) is 7.16. The highest BCUT2D eigenvalue weighted by Crippen LogP contribution is 2.23. The van der Waals surface area contributed by atoms with Gasteiger partial charge in [-0.2, -0.15) is 0 Å². The fourth-order valence-corrected chi connectivity index (χ4v) is 1.57. The second-order valence-electron chi connectivity index (χ2n) is 2.86. The van der Waals surface area contributed by atoms with Gasteiger partial charge < -0.3 is 4.74 Å². The number of benzene rings is 1. The molecule has 1 atom stereocenters. The monoisotopic (exact) mass is 270 g/mol. The third-order valence-corrected chi connectivity index (χ3v) is 2.74. The van der Waals surface area contributed by atoms with Crippen molar-refractivity contribution in [2.75, 3.05) is 6.61 Å². The number of rotatable bonds is 4. The minimum absolute atomic E-state index is 0.207. The Morgan fingerprint density at radius 3 is 2.47 bits per heavy atom. The average molecular weight is 271 g/mol. The van der Waals surface area contributed by atoms with Gasteiger partial charge in [-0.1, -0.05) is 46.3 Å². The maximum atomic E-state index is 11.5. The van der Waals surface area contributed by atoms with Gasteiger partial charge in [0.1, 0.15) is 4.83 Å². The van der Waals surface area contributed by atoms with E-state index >= 15 is 0 Å². The van der Waals surface area contributed by atoms with Crippen LogP contribution in [-0.2, 0) is 14.3 Å². The predicted molar refractivity (Wildman–Crippen MR) is 59.8 cm³/mol. The highest BCUT2D eigenvalue weighted by molar-refractivity contribution is 9.09. The van der Waals surface area contributed by atoms with Gasteiger partial charge in [0, 0.05) is 0 Å². The molecule has 0 fully saturated rings. The molecule has 0 unspecified atom stereocenters. The fraction of sp³-hybridized carbons (Fsp3) is 0.273. The van der Waals surface area contributed by atoms with Crippen LogP contribution in [-0.4, -0.2) is 18.4 Å². The quantitative estimate of drug-likeness (QED) is 0.479. The molecule has 0 saturated carbocycles. The molecule has 0 aliphatic heterocycles. The summed E-state index contributed by atoms with van der Waals surface area (Å²) in [4.78, 5) is 22.0. The van der Waals surface area contributed by atoms with Crippen molar-refractivity contribution < 1.29 is 14.3 Å². The second-order valence-corrected chi connectivity index (χ2v) is 3.77. The summed E-state index contributed by atoms with van der Waals surface area (Å²) in [6.07, 6.45) is 0. The van der Waals surface area contributed by atoms with Gasteiger partial charge in [-0.25, -0.2) is 4.79 Å².